The van der Waals surface area contributed by atoms with Crippen LogP contribution in [0.15, 0.2) is 30.3 Å². The molecular weight excluding hydrogens is 424 g/mol. The van der Waals surface area contributed by atoms with Crippen molar-refractivity contribution in [2.75, 3.05) is 14.2 Å². The Morgan fingerprint density at radius 1 is 1.18 bits per heavy atom. The molecule has 1 atom stereocenters. The van der Waals surface area contributed by atoms with Gasteiger partial charge in [0.15, 0.2) is 5.69 Å². The first-order valence-electron chi connectivity index (χ1n) is 11.3. The third-order valence-corrected chi connectivity index (χ3v) is 6.60. The normalized spacial score (nSPS) is 20.8. The number of carbonyl (C=O) groups is 3. The summed E-state index contributed by atoms with van der Waals surface area (Å²) < 4.78 is 11.5. The fraction of sp³-hybridized carbons (Fsp3) is 0.500. The maximum Gasteiger partial charge on any atom is 0.358 e. The standard InChI is InChI=1S/C24H30N4O5/c1-24(23(31)25-17-9-5-4-6-10-17)15-28-20(13-19(26-28)22(30)33-3)21(29)27(24)14-16-8-7-11-18(12-16)32-2/h7-8,11-13,17H,4-6,9-10,14-15H2,1-3H3,(H,25,31)/t24-/m1/s1. The van der Waals surface area contributed by atoms with Gasteiger partial charge in [0.2, 0.25) is 5.91 Å². The summed E-state index contributed by atoms with van der Waals surface area (Å²) in [5, 5.41) is 7.43. The molecule has 1 aromatic carbocycles. The second-order valence-corrected chi connectivity index (χ2v) is 8.89. The molecule has 9 nitrogen and oxygen atoms in total. The summed E-state index contributed by atoms with van der Waals surface area (Å²) in [4.78, 5) is 40.8. The summed E-state index contributed by atoms with van der Waals surface area (Å²) in [6, 6.07) is 8.93. The minimum Gasteiger partial charge on any atom is -0.497 e. The molecule has 1 fully saturated rings. The third kappa shape index (κ3) is 4.44. The second kappa shape index (κ2) is 9.25. The lowest BCUT2D eigenvalue weighted by atomic mass is 9.91. The Hall–Kier alpha value is -3.36. The smallest absolute Gasteiger partial charge is 0.358 e. The van der Waals surface area contributed by atoms with Gasteiger partial charge in [0.25, 0.3) is 5.91 Å². The van der Waals surface area contributed by atoms with E-state index in [1.807, 2.05) is 24.3 Å². The molecule has 1 aromatic heterocycles. The Labute approximate surface area is 193 Å². The molecule has 9 heteroatoms. The number of hydrogen-bond acceptors (Lipinski definition) is 6. The highest BCUT2D eigenvalue weighted by Gasteiger charge is 2.48. The van der Waals surface area contributed by atoms with Gasteiger partial charge in [0.1, 0.15) is 17.0 Å². The molecule has 33 heavy (non-hydrogen) atoms. The minimum atomic E-state index is -1.19. The van der Waals surface area contributed by atoms with Crippen LogP contribution in [0.25, 0.3) is 0 Å². The van der Waals surface area contributed by atoms with Crippen molar-refractivity contribution in [3.05, 3.63) is 47.3 Å². The number of methoxy groups -OCH3 is 2. The van der Waals surface area contributed by atoms with Crippen LogP contribution in [0.3, 0.4) is 0 Å². The van der Waals surface area contributed by atoms with E-state index in [1.165, 1.54) is 24.3 Å². The fourth-order valence-corrected chi connectivity index (χ4v) is 4.64. The zero-order chi connectivity index (χ0) is 23.6. The van der Waals surface area contributed by atoms with Crippen LogP contribution in [0.1, 0.15) is 65.6 Å². The Bertz CT molecular complexity index is 1060. The van der Waals surface area contributed by atoms with Crippen molar-refractivity contribution in [1.29, 1.82) is 0 Å². The molecule has 176 valence electrons. The highest BCUT2D eigenvalue weighted by Crippen LogP contribution is 2.31. The van der Waals surface area contributed by atoms with Crippen LogP contribution in [-0.4, -0.2) is 58.3 Å². The molecule has 0 bridgehead atoms. The van der Waals surface area contributed by atoms with Gasteiger partial charge in [0.05, 0.1) is 20.8 Å². The summed E-state index contributed by atoms with van der Waals surface area (Å²) in [6.07, 6.45) is 5.22. The molecule has 1 aliphatic carbocycles. The molecule has 2 heterocycles. The first-order chi connectivity index (χ1) is 15.9. The van der Waals surface area contributed by atoms with E-state index >= 15 is 0 Å². The van der Waals surface area contributed by atoms with Crippen LogP contribution >= 0.6 is 0 Å². The van der Waals surface area contributed by atoms with Crippen LogP contribution in [0.4, 0.5) is 0 Å². The Morgan fingerprint density at radius 2 is 1.94 bits per heavy atom. The van der Waals surface area contributed by atoms with Gasteiger partial charge in [-0.25, -0.2) is 4.79 Å². The van der Waals surface area contributed by atoms with Gasteiger partial charge in [-0.2, -0.15) is 5.10 Å². The molecule has 0 unspecified atom stereocenters. The van der Waals surface area contributed by atoms with Crippen LogP contribution in [0.2, 0.25) is 0 Å². The number of nitrogens with one attached hydrogen (secondary N) is 1. The molecule has 2 aliphatic rings. The van der Waals surface area contributed by atoms with Gasteiger partial charge in [-0.05, 0) is 37.5 Å². The average molecular weight is 455 g/mol. The van der Waals surface area contributed by atoms with Gasteiger partial charge in [-0.3, -0.25) is 14.3 Å². The quantitative estimate of drug-likeness (QED) is 0.673. The zero-order valence-electron chi connectivity index (χ0n) is 19.3. The number of aromatic nitrogens is 2. The number of benzene rings is 1. The zero-order valence-corrected chi connectivity index (χ0v) is 19.3. The highest BCUT2D eigenvalue weighted by molar-refractivity contribution is 6.01. The maximum atomic E-state index is 13.6. The molecule has 4 rings (SSSR count). The van der Waals surface area contributed by atoms with Crippen molar-refractivity contribution in [1.82, 2.24) is 20.0 Å². The predicted octanol–water partition coefficient (Wildman–Crippen LogP) is 2.54. The molecule has 2 aromatic rings. The minimum absolute atomic E-state index is 0.0409. The summed E-state index contributed by atoms with van der Waals surface area (Å²) in [6.45, 7) is 2.10. The average Bonchev–Trinajstić information content (AvgIpc) is 3.26. The molecule has 1 N–H and O–H groups in total. The lowest BCUT2D eigenvalue weighted by Gasteiger charge is -2.44. The molecule has 0 saturated heterocycles. The lowest BCUT2D eigenvalue weighted by Crippen LogP contribution is -2.64. The number of ether oxygens (including phenoxy) is 2. The van der Waals surface area contributed by atoms with Gasteiger partial charge in [0, 0.05) is 18.7 Å². The van der Waals surface area contributed by atoms with Crippen molar-refractivity contribution in [2.45, 2.75) is 63.7 Å². The van der Waals surface area contributed by atoms with E-state index < -0.39 is 11.5 Å². The molecular formula is C24H30N4O5. The number of amides is 2. The van der Waals surface area contributed by atoms with Crippen molar-refractivity contribution in [3.8, 4) is 5.75 Å². The summed E-state index contributed by atoms with van der Waals surface area (Å²) in [5.74, 6) is -0.542. The van der Waals surface area contributed by atoms with E-state index in [4.69, 9.17) is 9.47 Å². The first-order valence-corrected chi connectivity index (χ1v) is 11.3. The van der Waals surface area contributed by atoms with Crippen molar-refractivity contribution >= 4 is 17.8 Å². The van der Waals surface area contributed by atoms with E-state index in [9.17, 15) is 14.4 Å². The second-order valence-electron chi connectivity index (χ2n) is 8.89. The van der Waals surface area contributed by atoms with Crippen LogP contribution in [0, 0.1) is 0 Å². The maximum absolute atomic E-state index is 13.6. The number of hydrogen-bond donors (Lipinski definition) is 1. The van der Waals surface area contributed by atoms with Crippen LogP contribution in [0.5, 0.6) is 5.75 Å². The number of carbonyl (C=O) groups excluding carboxylic acids is 3. The number of fused-ring (bicyclic) bond motifs is 1. The third-order valence-electron chi connectivity index (χ3n) is 6.60. The fourth-order valence-electron chi connectivity index (χ4n) is 4.64. The largest absolute Gasteiger partial charge is 0.497 e. The number of esters is 1. The summed E-state index contributed by atoms with van der Waals surface area (Å²) >= 11 is 0. The first kappa shape index (κ1) is 22.8. The van der Waals surface area contributed by atoms with E-state index in [0.29, 0.717) is 5.75 Å². The molecule has 0 spiro atoms. The SMILES string of the molecule is COC(=O)c1cc2n(n1)C[C@](C)(C(=O)NC1CCCCC1)N(Cc1cccc(OC)c1)C2=O. The van der Waals surface area contributed by atoms with E-state index in [2.05, 4.69) is 10.4 Å². The van der Waals surface area contributed by atoms with Crippen molar-refractivity contribution in [2.24, 2.45) is 0 Å². The predicted molar refractivity (Wildman–Crippen MR) is 120 cm³/mol. The summed E-state index contributed by atoms with van der Waals surface area (Å²) in [5.41, 5.74) is -0.0646. The molecule has 2 amide bonds. The van der Waals surface area contributed by atoms with Crippen molar-refractivity contribution in [3.63, 3.8) is 0 Å². The van der Waals surface area contributed by atoms with E-state index in [1.54, 1.807) is 18.9 Å². The van der Waals surface area contributed by atoms with Crippen molar-refractivity contribution < 1.29 is 23.9 Å². The van der Waals surface area contributed by atoms with Gasteiger partial charge >= 0.3 is 5.97 Å². The van der Waals surface area contributed by atoms with Gasteiger partial charge in [-0.1, -0.05) is 31.4 Å². The Balaban J connectivity index is 1.69. The number of rotatable bonds is 6. The van der Waals surface area contributed by atoms with Gasteiger partial charge < -0.3 is 19.7 Å². The van der Waals surface area contributed by atoms with Gasteiger partial charge in [-0.15, -0.1) is 0 Å². The van der Waals surface area contributed by atoms with E-state index in [0.717, 1.165) is 31.2 Å². The highest BCUT2D eigenvalue weighted by atomic mass is 16.5. The Kier molecular flexibility index (Phi) is 6.40. The summed E-state index contributed by atoms with van der Waals surface area (Å²) in [7, 11) is 2.85. The lowest BCUT2D eigenvalue weighted by molar-refractivity contribution is -0.134. The topological polar surface area (TPSA) is 103 Å². The molecule has 1 aliphatic heterocycles. The monoisotopic (exact) mass is 454 g/mol. The Morgan fingerprint density at radius 3 is 2.64 bits per heavy atom. The number of nitrogens with zero attached hydrogens (tertiary/aromatic N) is 3. The molecule has 0 radical (unpaired) electrons. The molecule has 1 saturated carbocycles. The van der Waals surface area contributed by atoms with Crippen LogP contribution in [-0.2, 0) is 22.6 Å². The van der Waals surface area contributed by atoms with E-state index in [-0.39, 0.29) is 42.3 Å². The van der Waals surface area contributed by atoms with Crippen LogP contribution < -0.4 is 10.1 Å².